The van der Waals surface area contributed by atoms with Crippen LogP contribution in [0.3, 0.4) is 0 Å². The number of aliphatic carboxylic acids is 1. The summed E-state index contributed by atoms with van der Waals surface area (Å²) in [5.74, 6) is -0.950. The molecule has 1 N–H and O–H groups in total. The predicted molar refractivity (Wildman–Crippen MR) is 87.3 cm³/mol. The van der Waals surface area contributed by atoms with Gasteiger partial charge in [-0.2, -0.15) is 5.10 Å². The molecule has 112 valence electrons. The number of hydrazone groups is 1. The van der Waals surface area contributed by atoms with E-state index in [1.54, 1.807) is 0 Å². The molecule has 0 fully saturated rings. The SMILES string of the molecule is Cc1ccc(C)c(N2N=C(C(=O)O)C[C@H]2c2ccccc2)c1. The fourth-order valence-electron chi connectivity index (χ4n) is 2.76. The van der Waals surface area contributed by atoms with Gasteiger partial charge in [-0.3, -0.25) is 5.01 Å². The Morgan fingerprint density at radius 3 is 2.59 bits per heavy atom. The Balaban J connectivity index is 2.07. The van der Waals surface area contributed by atoms with Crippen LogP contribution in [0, 0.1) is 13.8 Å². The fourth-order valence-corrected chi connectivity index (χ4v) is 2.76. The van der Waals surface area contributed by atoms with Crippen LogP contribution < -0.4 is 5.01 Å². The summed E-state index contributed by atoms with van der Waals surface area (Å²) in [6.45, 7) is 4.05. The molecule has 0 saturated heterocycles. The van der Waals surface area contributed by atoms with E-state index in [2.05, 4.69) is 11.2 Å². The van der Waals surface area contributed by atoms with Crippen molar-refractivity contribution < 1.29 is 9.90 Å². The third-order valence-corrected chi connectivity index (χ3v) is 3.95. The average molecular weight is 294 g/mol. The van der Waals surface area contributed by atoms with Crippen molar-refractivity contribution in [3.8, 4) is 0 Å². The minimum Gasteiger partial charge on any atom is -0.477 e. The Morgan fingerprint density at radius 2 is 1.91 bits per heavy atom. The second kappa shape index (κ2) is 5.64. The van der Waals surface area contributed by atoms with Gasteiger partial charge in [0, 0.05) is 6.42 Å². The van der Waals surface area contributed by atoms with E-state index in [0.717, 1.165) is 22.4 Å². The molecule has 0 spiro atoms. The first-order chi connectivity index (χ1) is 10.6. The van der Waals surface area contributed by atoms with Crippen LogP contribution in [0.15, 0.2) is 53.6 Å². The van der Waals surface area contributed by atoms with Crippen LogP contribution >= 0.6 is 0 Å². The molecule has 1 aliphatic heterocycles. The molecular weight excluding hydrogens is 276 g/mol. The number of hydrogen-bond donors (Lipinski definition) is 1. The number of carboxylic acid groups (broad SMARTS) is 1. The summed E-state index contributed by atoms with van der Waals surface area (Å²) in [6, 6.07) is 16.0. The van der Waals surface area contributed by atoms with Gasteiger partial charge in [0.2, 0.25) is 0 Å². The Bertz CT molecular complexity index is 738. The van der Waals surface area contributed by atoms with Gasteiger partial charge in [0.1, 0.15) is 5.71 Å². The van der Waals surface area contributed by atoms with Crippen LogP contribution in [0.5, 0.6) is 0 Å². The quantitative estimate of drug-likeness (QED) is 0.939. The third-order valence-electron chi connectivity index (χ3n) is 3.95. The van der Waals surface area contributed by atoms with Gasteiger partial charge in [0.15, 0.2) is 0 Å². The second-order valence-electron chi connectivity index (χ2n) is 5.62. The van der Waals surface area contributed by atoms with Crippen molar-refractivity contribution in [2.24, 2.45) is 5.10 Å². The van der Waals surface area contributed by atoms with E-state index in [1.165, 1.54) is 0 Å². The molecule has 2 aromatic rings. The largest absolute Gasteiger partial charge is 0.477 e. The monoisotopic (exact) mass is 294 g/mol. The maximum absolute atomic E-state index is 11.3. The fraction of sp³-hybridized carbons (Fsp3) is 0.222. The molecule has 1 aliphatic rings. The predicted octanol–water partition coefficient (Wildman–Crippen LogP) is 3.70. The zero-order valence-corrected chi connectivity index (χ0v) is 12.7. The summed E-state index contributed by atoms with van der Waals surface area (Å²) < 4.78 is 0. The summed E-state index contributed by atoms with van der Waals surface area (Å²) >= 11 is 0. The number of rotatable bonds is 3. The van der Waals surface area contributed by atoms with Gasteiger partial charge in [-0.25, -0.2) is 4.79 Å². The van der Waals surface area contributed by atoms with Gasteiger partial charge in [0.05, 0.1) is 11.7 Å². The van der Waals surface area contributed by atoms with E-state index in [0.29, 0.717) is 6.42 Å². The molecule has 4 nitrogen and oxygen atoms in total. The van der Waals surface area contributed by atoms with Gasteiger partial charge in [-0.05, 0) is 36.6 Å². The highest BCUT2D eigenvalue weighted by Gasteiger charge is 2.32. The van der Waals surface area contributed by atoms with Crippen LogP contribution in [-0.2, 0) is 4.79 Å². The smallest absolute Gasteiger partial charge is 0.352 e. The van der Waals surface area contributed by atoms with E-state index in [9.17, 15) is 9.90 Å². The molecule has 0 aliphatic carbocycles. The standard InChI is InChI=1S/C18H18N2O2/c1-12-8-9-13(2)16(10-12)20-17(11-15(19-20)18(21)22)14-6-4-3-5-7-14/h3-10,17H,11H2,1-2H3,(H,21,22)/t17-/m0/s1. The molecule has 22 heavy (non-hydrogen) atoms. The van der Waals surface area contributed by atoms with Gasteiger partial charge in [-0.15, -0.1) is 0 Å². The first-order valence-corrected chi connectivity index (χ1v) is 7.28. The van der Waals surface area contributed by atoms with E-state index in [4.69, 9.17) is 0 Å². The minimum atomic E-state index is -0.950. The number of carbonyl (C=O) groups is 1. The van der Waals surface area contributed by atoms with Gasteiger partial charge >= 0.3 is 5.97 Å². The lowest BCUT2D eigenvalue weighted by Gasteiger charge is -2.25. The molecule has 0 saturated carbocycles. The Hall–Kier alpha value is -2.62. The molecule has 0 unspecified atom stereocenters. The average Bonchev–Trinajstić information content (AvgIpc) is 2.96. The van der Waals surface area contributed by atoms with Crippen molar-refractivity contribution in [2.45, 2.75) is 26.3 Å². The Kier molecular flexibility index (Phi) is 3.67. The zero-order valence-electron chi connectivity index (χ0n) is 12.7. The van der Waals surface area contributed by atoms with E-state index in [1.807, 2.05) is 61.3 Å². The van der Waals surface area contributed by atoms with Crippen molar-refractivity contribution >= 4 is 17.4 Å². The Morgan fingerprint density at radius 1 is 1.18 bits per heavy atom. The third kappa shape index (κ3) is 2.60. The molecule has 0 aromatic heterocycles. The number of aryl methyl sites for hydroxylation is 2. The number of anilines is 1. The van der Waals surface area contributed by atoms with E-state index < -0.39 is 5.97 Å². The summed E-state index contributed by atoms with van der Waals surface area (Å²) in [5.41, 5.74) is 4.46. The summed E-state index contributed by atoms with van der Waals surface area (Å²) in [5, 5.41) is 15.5. The van der Waals surface area contributed by atoms with Crippen LogP contribution in [-0.4, -0.2) is 16.8 Å². The van der Waals surface area contributed by atoms with Crippen molar-refractivity contribution in [3.05, 3.63) is 65.2 Å². The summed E-state index contributed by atoms with van der Waals surface area (Å²) in [4.78, 5) is 11.3. The molecule has 0 bridgehead atoms. The van der Waals surface area contributed by atoms with E-state index >= 15 is 0 Å². The summed E-state index contributed by atoms with van der Waals surface area (Å²) in [7, 11) is 0. The molecule has 0 amide bonds. The lowest BCUT2D eigenvalue weighted by molar-refractivity contribution is -0.129. The van der Waals surface area contributed by atoms with Crippen molar-refractivity contribution in [3.63, 3.8) is 0 Å². The second-order valence-corrected chi connectivity index (χ2v) is 5.62. The number of carboxylic acids is 1. The Labute approximate surface area is 129 Å². The summed E-state index contributed by atoms with van der Waals surface area (Å²) in [6.07, 6.45) is 0.409. The van der Waals surface area contributed by atoms with Gasteiger partial charge in [0.25, 0.3) is 0 Å². The lowest BCUT2D eigenvalue weighted by atomic mass is 10.0. The topological polar surface area (TPSA) is 52.9 Å². The maximum atomic E-state index is 11.3. The number of hydrogen-bond acceptors (Lipinski definition) is 3. The van der Waals surface area contributed by atoms with Crippen molar-refractivity contribution in [1.29, 1.82) is 0 Å². The van der Waals surface area contributed by atoms with Crippen LogP contribution in [0.25, 0.3) is 0 Å². The number of nitrogens with zero attached hydrogens (tertiary/aromatic N) is 2. The van der Waals surface area contributed by atoms with Crippen molar-refractivity contribution in [2.75, 3.05) is 5.01 Å². The molecule has 2 aromatic carbocycles. The van der Waals surface area contributed by atoms with Crippen LogP contribution in [0.2, 0.25) is 0 Å². The van der Waals surface area contributed by atoms with Gasteiger partial charge in [-0.1, -0.05) is 42.5 Å². The van der Waals surface area contributed by atoms with Crippen LogP contribution in [0.4, 0.5) is 5.69 Å². The van der Waals surface area contributed by atoms with E-state index in [-0.39, 0.29) is 11.8 Å². The molecule has 0 radical (unpaired) electrons. The normalized spacial score (nSPS) is 17.5. The molecule has 4 heteroatoms. The first-order valence-electron chi connectivity index (χ1n) is 7.28. The van der Waals surface area contributed by atoms with Gasteiger partial charge < -0.3 is 5.11 Å². The molecule has 3 rings (SSSR count). The highest BCUT2D eigenvalue weighted by molar-refractivity contribution is 6.36. The molecule has 1 heterocycles. The highest BCUT2D eigenvalue weighted by atomic mass is 16.4. The molecular formula is C18H18N2O2. The maximum Gasteiger partial charge on any atom is 0.352 e. The van der Waals surface area contributed by atoms with Crippen LogP contribution in [0.1, 0.15) is 29.2 Å². The molecule has 1 atom stereocenters. The van der Waals surface area contributed by atoms with Crippen molar-refractivity contribution in [1.82, 2.24) is 0 Å². The first kappa shape index (κ1) is 14.3. The number of benzene rings is 2. The zero-order chi connectivity index (χ0) is 15.7. The lowest BCUT2D eigenvalue weighted by Crippen LogP contribution is -2.19. The highest BCUT2D eigenvalue weighted by Crippen LogP contribution is 2.37. The minimum absolute atomic E-state index is 0.0761.